The highest BCUT2D eigenvalue weighted by atomic mass is 79.9. The third-order valence-corrected chi connectivity index (χ3v) is 3.39. The highest BCUT2D eigenvalue weighted by Gasteiger charge is 2.22. The monoisotopic (exact) mass is 300 g/mol. The largest absolute Gasteiger partial charge is 0.379 e. The van der Waals surface area contributed by atoms with Crippen molar-refractivity contribution in [1.82, 2.24) is 5.43 Å². The van der Waals surface area contributed by atoms with E-state index in [-0.39, 0.29) is 11.6 Å². The Morgan fingerprint density at radius 3 is 2.71 bits per heavy atom. The third-order valence-electron chi connectivity index (χ3n) is 2.90. The molecule has 96 valence electrons. The van der Waals surface area contributed by atoms with Crippen LogP contribution in [0.2, 0.25) is 0 Å². The van der Waals surface area contributed by atoms with Gasteiger partial charge in [0.2, 0.25) is 0 Å². The molecule has 0 aliphatic rings. The van der Waals surface area contributed by atoms with Crippen LogP contribution in [0.25, 0.3) is 0 Å². The molecule has 0 bridgehead atoms. The number of methoxy groups -OCH3 is 1. The van der Waals surface area contributed by atoms with E-state index in [2.05, 4.69) is 47.3 Å². The van der Waals surface area contributed by atoms with Crippen LogP contribution in [-0.2, 0) is 11.2 Å². The zero-order chi connectivity index (χ0) is 12.9. The number of halogens is 1. The standard InChI is InChI=1S/C13H21BrN2O/c1-13(2,17-3)9-12(16-15)8-10-5-4-6-11(14)7-10/h4-7,12,16H,8-9,15H2,1-3H3. The van der Waals surface area contributed by atoms with Gasteiger partial charge in [0.25, 0.3) is 0 Å². The molecule has 17 heavy (non-hydrogen) atoms. The Labute approximate surface area is 112 Å². The molecule has 0 fully saturated rings. The second-order valence-electron chi connectivity index (χ2n) is 4.87. The van der Waals surface area contributed by atoms with Gasteiger partial charge in [-0.05, 0) is 44.4 Å². The molecule has 0 amide bonds. The molecule has 0 aliphatic heterocycles. The van der Waals surface area contributed by atoms with Crippen molar-refractivity contribution in [2.45, 2.75) is 38.3 Å². The Kier molecular flexibility index (Phi) is 5.59. The summed E-state index contributed by atoms with van der Waals surface area (Å²) in [5, 5.41) is 0. The first-order valence-corrected chi connectivity index (χ1v) is 6.52. The van der Waals surface area contributed by atoms with Crippen molar-refractivity contribution in [3.63, 3.8) is 0 Å². The fourth-order valence-corrected chi connectivity index (χ4v) is 2.26. The molecule has 0 radical (unpaired) electrons. The molecule has 3 N–H and O–H groups in total. The lowest BCUT2D eigenvalue weighted by molar-refractivity contribution is 0.00711. The van der Waals surface area contributed by atoms with E-state index in [1.54, 1.807) is 7.11 Å². The van der Waals surface area contributed by atoms with E-state index in [1.165, 1.54) is 5.56 Å². The number of hydrogen-bond acceptors (Lipinski definition) is 3. The van der Waals surface area contributed by atoms with E-state index in [0.717, 1.165) is 17.3 Å². The molecule has 0 heterocycles. The summed E-state index contributed by atoms with van der Waals surface area (Å²) in [5.41, 5.74) is 3.96. The molecule has 3 nitrogen and oxygen atoms in total. The van der Waals surface area contributed by atoms with Crippen molar-refractivity contribution in [1.29, 1.82) is 0 Å². The summed E-state index contributed by atoms with van der Waals surface area (Å²) in [6.45, 7) is 4.14. The second-order valence-corrected chi connectivity index (χ2v) is 5.78. The number of rotatable bonds is 6. The van der Waals surface area contributed by atoms with Crippen LogP contribution in [-0.4, -0.2) is 18.8 Å². The first-order chi connectivity index (χ1) is 7.96. The highest BCUT2D eigenvalue weighted by molar-refractivity contribution is 9.10. The smallest absolute Gasteiger partial charge is 0.0638 e. The number of nitrogens with one attached hydrogen (secondary N) is 1. The normalized spacial score (nSPS) is 13.7. The molecule has 1 atom stereocenters. The molecule has 0 saturated heterocycles. The maximum Gasteiger partial charge on any atom is 0.0638 e. The van der Waals surface area contributed by atoms with Gasteiger partial charge in [-0.25, -0.2) is 0 Å². The van der Waals surface area contributed by atoms with Crippen molar-refractivity contribution < 1.29 is 4.74 Å². The van der Waals surface area contributed by atoms with Gasteiger partial charge in [0.05, 0.1) is 5.60 Å². The van der Waals surface area contributed by atoms with E-state index in [0.29, 0.717) is 0 Å². The van der Waals surface area contributed by atoms with E-state index in [4.69, 9.17) is 10.6 Å². The fourth-order valence-electron chi connectivity index (χ4n) is 1.82. The van der Waals surface area contributed by atoms with Crippen LogP contribution in [0.3, 0.4) is 0 Å². The summed E-state index contributed by atoms with van der Waals surface area (Å²) in [5.74, 6) is 5.60. The number of hydrazine groups is 1. The Bertz CT molecular complexity index is 355. The Balaban J connectivity index is 2.64. The van der Waals surface area contributed by atoms with Crippen LogP contribution in [0.1, 0.15) is 25.8 Å². The second kappa shape index (κ2) is 6.50. The molecule has 0 spiro atoms. The summed E-state index contributed by atoms with van der Waals surface area (Å²) in [7, 11) is 1.73. The molecule has 1 unspecified atom stereocenters. The van der Waals surface area contributed by atoms with Crippen molar-refractivity contribution in [2.24, 2.45) is 5.84 Å². The van der Waals surface area contributed by atoms with Crippen LogP contribution in [0.4, 0.5) is 0 Å². The molecule has 1 rings (SSSR count). The van der Waals surface area contributed by atoms with E-state index in [1.807, 2.05) is 12.1 Å². The Hall–Kier alpha value is -0.420. The van der Waals surface area contributed by atoms with Gasteiger partial charge in [-0.3, -0.25) is 11.3 Å². The van der Waals surface area contributed by atoms with Gasteiger partial charge in [-0.15, -0.1) is 0 Å². The Morgan fingerprint density at radius 2 is 2.18 bits per heavy atom. The average molecular weight is 301 g/mol. The van der Waals surface area contributed by atoms with Crippen LogP contribution < -0.4 is 11.3 Å². The van der Waals surface area contributed by atoms with Crippen molar-refractivity contribution in [3.8, 4) is 0 Å². The maximum atomic E-state index is 5.60. The number of hydrogen-bond donors (Lipinski definition) is 2. The van der Waals surface area contributed by atoms with Gasteiger partial charge in [0.15, 0.2) is 0 Å². The predicted octanol–water partition coefficient (Wildman–Crippen LogP) is 2.64. The lowest BCUT2D eigenvalue weighted by Crippen LogP contribution is -2.42. The zero-order valence-corrected chi connectivity index (χ0v) is 12.3. The fraction of sp³-hybridized carbons (Fsp3) is 0.538. The highest BCUT2D eigenvalue weighted by Crippen LogP contribution is 2.19. The molecule has 0 aliphatic carbocycles. The zero-order valence-electron chi connectivity index (χ0n) is 10.7. The maximum absolute atomic E-state index is 5.60. The average Bonchev–Trinajstić information content (AvgIpc) is 2.28. The predicted molar refractivity (Wildman–Crippen MR) is 74.7 cm³/mol. The summed E-state index contributed by atoms with van der Waals surface area (Å²) in [6, 6.07) is 8.49. The number of benzene rings is 1. The van der Waals surface area contributed by atoms with E-state index >= 15 is 0 Å². The first-order valence-electron chi connectivity index (χ1n) is 5.72. The Morgan fingerprint density at radius 1 is 1.47 bits per heavy atom. The number of nitrogens with two attached hydrogens (primary N) is 1. The minimum absolute atomic E-state index is 0.164. The summed E-state index contributed by atoms with van der Waals surface area (Å²) < 4.78 is 6.52. The first kappa shape index (κ1) is 14.6. The summed E-state index contributed by atoms with van der Waals surface area (Å²) in [6.07, 6.45) is 1.76. The van der Waals surface area contributed by atoms with Gasteiger partial charge < -0.3 is 4.74 Å². The quantitative estimate of drug-likeness (QED) is 0.627. The molecular formula is C13H21BrN2O. The minimum Gasteiger partial charge on any atom is -0.379 e. The van der Waals surface area contributed by atoms with E-state index in [9.17, 15) is 0 Å². The molecule has 0 saturated carbocycles. The van der Waals surface area contributed by atoms with Crippen molar-refractivity contribution in [2.75, 3.05) is 7.11 Å². The van der Waals surface area contributed by atoms with Gasteiger partial charge in [0, 0.05) is 17.6 Å². The third kappa shape index (κ3) is 5.17. The molecular weight excluding hydrogens is 280 g/mol. The van der Waals surface area contributed by atoms with Crippen molar-refractivity contribution >= 4 is 15.9 Å². The van der Waals surface area contributed by atoms with Gasteiger partial charge in [-0.1, -0.05) is 28.1 Å². The lowest BCUT2D eigenvalue weighted by Gasteiger charge is -2.28. The molecule has 1 aromatic rings. The summed E-state index contributed by atoms with van der Waals surface area (Å²) >= 11 is 3.47. The minimum atomic E-state index is -0.164. The van der Waals surface area contributed by atoms with Gasteiger partial charge in [-0.2, -0.15) is 0 Å². The van der Waals surface area contributed by atoms with Crippen LogP contribution in [0.5, 0.6) is 0 Å². The van der Waals surface area contributed by atoms with Gasteiger partial charge in [0.1, 0.15) is 0 Å². The van der Waals surface area contributed by atoms with Crippen LogP contribution in [0, 0.1) is 0 Å². The summed E-state index contributed by atoms with van der Waals surface area (Å²) in [4.78, 5) is 0. The lowest BCUT2D eigenvalue weighted by atomic mass is 9.94. The molecule has 4 heteroatoms. The van der Waals surface area contributed by atoms with Gasteiger partial charge >= 0.3 is 0 Å². The molecule has 1 aromatic carbocycles. The van der Waals surface area contributed by atoms with Crippen LogP contribution in [0.15, 0.2) is 28.7 Å². The number of ether oxygens (including phenoxy) is 1. The van der Waals surface area contributed by atoms with Crippen LogP contribution >= 0.6 is 15.9 Å². The SMILES string of the molecule is COC(C)(C)CC(Cc1cccc(Br)c1)NN. The van der Waals surface area contributed by atoms with Crippen molar-refractivity contribution in [3.05, 3.63) is 34.3 Å². The molecule has 0 aromatic heterocycles. The van der Waals surface area contributed by atoms with E-state index < -0.39 is 0 Å². The topological polar surface area (TPSA) is 47.3 Å².